The average Bonchev–Trinajstić information content (AvgIpc) is 3.33. The molecule has 6 nitrogen and oxygen atoms in total. The van der Waals surface area contributed by atoms with Crippen LogP contribution >= 0.6 is 12.4 Å². The van der Waals surface area contributed by atoms with E-state index in [2.05, 4.69) is 52.4 Å². The zero-order valence-electron chi connectivity index (χ0n) is 17.2. The maximum absolute atomic E-state index is 13.2. The van der Waals surface area contributed by atoms with Crippen molar-refractivity contribution in [2.24, 2.45) is 0 Å². The molecule has 0 N–H and O–H groups in total. The van der Waals surface area contributed by atoms with Crippen molar-refractivity contribution in [3.05, 3.63) is 78.4 Å². The molecule has 1 amide bonds. The Labute approximate surface area is 183 Å². The molecule has 158 valence electrons. The van der Waals surface area contributed by atoms with E-state index < -0.39 is 0 Å². The Bertz CT molecular complexity index is 924. The van der Waals surface area contributed by atoms with Gasteiger partial charge >= 0.3 is 0 Å². The fourth-order valence-electron chi connectivity index (χ4n) is 4.00. The molecular weight excluding hydrogens is 398 g/mol. The molecular formula is C23H28ClN5O. The lowest BCUT2D eigenvalue weighted by molar-refractivity contribution is 0.0647. The van der Waals surface area contributed by atoms with Crippen LogP contribution in [0.3, 0.4) is 0 Å². The molecule has 0 unspecified atom stereocenters. The van der Waals surface area contributed by atoms with Crippen molar-refractivity contribution in [2.75, 3.05) is 26.7 Å². The highest BCUT2D eigenvalue weighted by atomic mass is 35.5. The highest BCUT2D eigenvalue weighted by Crippen LogP contribution is 2.21. The third-order valence-electron chi connectivity index (χ3n) is 5.77. The number of carbonyl (C=O) groups is 1. The topological polar surface area (TPSA) is 54.3 Å². The second-order valence-corrected chi connectivity index (χ2v) is 7.60. The molecule has 1 fully saturated rings. The van der Waals surface area contributed by atoms with Gasteiger partial charge in [0.2, 0.25) is 0 Å². The Hall–Kier alpha value is -2.70. The van der Waals surface area contributed by atoms with E-state index in [9.17, 15) is 4.79 Å². The van der Waals surface area contributed by atoms with Crippen molar-refractivity contribution < 1.29 is 4.79 Å². The van der Waals surface area contributed by atoms with E-state index in [1.807, 2.05) is 29.2 Å². The number of rotatable bonds is 6. The van der Waals surface area contributed by atoms with Crippen molar-refractivity contribution in [3.63, 3.8) is 0 Å². The number of amides is 1. The van der Waals surface area contributed by atoms with E-state index in [4.69, 9.17) is 0 Å². The maximum atomic E-state index is 13.2. The molecule has 1 aromatic heterocycles. The van der Waals surface area contributed by atoms with E-state index in [0.717, 1.165) is 44.6 Å². The van der Waals surface area contributed by atoms with Crippen LogP contribution in [0, 0.1) is 0 Å². The number of hydrogen-bond acceptors (Lipinski definition) is 4. The van der Waals surface area contributed by atoms with Gasteiger partial charge in [0.1, 0.15) is 12.7 Å². The Morgan fingerprint density at radius 2 is 1.77 bits per heavy atom. The lowest BCUT2D eigenvalue weighted by atomic mass is 10.0. The molecule has 0 bridgehead atoms. The molecule has 0 saturated carbocycles. The molecule has 7 heteroatoms. The van der Waals surface area contributed by atoms with Gasteiger partial charge in [-0.1, -0.05) is 42.5 Å². The second kappa shape index (κ2) is 10.4. The van der Waals surface area contributed by atoms with Gasteiger partial charge in [0.15, 0.2) is 0 Å². The molecule has 0 radical (unpaired) electrons. The first-order chi connectivity index (χ1) is 14.2. The first kappa shape index (κ1) is 22.0. The summed E-state index contributed by atoms with van der Waals surface area (Å²) in [7, 11) is 2.20. The van der Waals surface area contributed by atoms with Gasteiger partial charge in [-0.2, -0.15) is 5.10 Å². The van der Waals surface area contributed by atoms with Crippen LogP contribution in [0.15, 0.2) is 67.3 Å². The predicted molar refractivity (Wildman–Crippen MR) is 120 cm³/mol. The Morgan fingerprint density at radius 3 is 2.47 bits per heavy atom. The first-order valence-electron chi connectivity index (χ1n) is 10.2. The summed E-state index contributed by atoms with van der Waals surface area (Å²) in [5.74, 6) is 0.0708. The van der Waals surface area contributed by atoms with Crippen LogP contribution in [-0.2, 0) is 6.42 Å². The standard InChI is InChI=1S/C23H27N5O.ClH/c1-26(14-11-19-7-3-2-4-8-19)20-12-15-27(16-13-20)23(29)21-9-5-6-10-22(21)28-18-24-17-25-28;/h2-10,17-18,20H,11-16H2,1H3;1H. The van der Waals surface area contributed by atoms with E-state index >= 15 is 0 Å². The summed E-state index contributed by atoms with van der Waals surface area (Å²) in [6.45, 7) is 2.60. The number of aromatic nitrogens is 3. The number of halogens is 1. The summed E-state index contributed by atoms with van der Waals surface area (Å²) in [4.78, 5) is 21.6. The Kier molecular flexibility index (Phi) is 7.60. The zero-order valence-corrected chi connectivity index (χ0v) is 18.0. The molecule has 0 atom stereocenters. The third-order valence-corrected chi connectivity index (χ3v) is 5.77. The van der Waals surface area contributed by atoms with Crippen molar-refractivity contribution in [2.45, 2.75) is 25.3 Å². The molecule has 1 aliphatic heterocycles. The smallest absolute Gasteiger partial charge is 0.256 e. The van der Waals surface area contributed by atoms with E-state index in [1.54, 1.807) is 11.0 Å². The summed E-state index contributed by atoms with van der Waals surface area (Å²) < 4.78 is 1.65. The van der Waals surface area contributed by atoms with E-state index in [0.29, 0.717) is 11.6 Å². The van der Waals surface area contributed by atoms with Crippen LogP contribution in [0.1, 0.15) is 28.8 Å². The number of hydrogen-bond donors (Lipinski definition) is 0. The molecule has 0 aliphatic carbocycles. The second-order valence-electron chi connectivity index (χ2n) is 7.60. The summed E-state index contributed by atoms with van der Waals surface area (Å²) in [5.41, 5.74) is 2.82. The molecule has 4 rings (SSSR count). The number of carbonyl (C=O) groups excluding carboxylic acids is 1. The number of piperidine rings is 1. The fourth-order valence-corrected chi connectivity index (χ4v) is 4.00. The monoisotopic (exact) mass is 425 g/mol. The molecule has 2 aromatic carbocycles. The number of nitrogens with zero attached hydrogens (tertiary/aromatic N) is 5. The predicted octanol–water partition coefficient (Wildman–Crippen LogP) is 3.47. The summed E-state index contributed by atoms with van der Waals surface area (Å²) in [5, 5.41) is 4.18. The van der Waals surface area contributed by atoms with Gasteiger partial charge in [0.25, 0.3) is 5.91 Å². The molecule has 3 aromatic rings. The molecule has 1 saturated heterocycles. The van der Waals surface area contributed by atoms with Crippen molar-refractivity contribution in [3.8, 4) is 5.69 Å². The fraction of sp³-hybridized carbons (Fsp3) is 0.348. The minimum atomic E-state index is 0. The maximum Gasteiger partial charge on any atom is 0.256 e. The number of benzene rings is 2. The minimum Gasteiger partial charge on any atom is -0.338 e. The SMILES string of the molecule is CN(CCc1ccccc1)C1CCN(C(=O)c2ccccc2-n2cncn2)CC1.Cl. The zero-order chi connectivity index (χ0) is 20.1. The third kappa shape index (κ3) is 5.07. The van der Waals surface area contributed by atoms with Crippen LogP contribution in [-0.4, -0.2) is 63.2 Å². The van der Waals surface area contributed by atoms with Gasteiger partial charge in [0, 0.05) is 25.7 Å². The summed E-state index contributed by atoms with van der Waals surface area (Å²) in [6.07, 6.45) is 6.17. The van der Waals surface area contributed by atoms with Crippen molar-refractivity contribution in [1.29, 1.82) is 0 Å². The number of likely N-dealkylation sites (N-methyl/N-ethyl adjacent to an activating group) is 1. The quantitative estimate of drug-likeness (QED) is 0.606. The molecule has 1 aliphatic rings. The van der Waals surface area contributed by atoms with E-state index in [-0.39, 0.29) is 18.3 Å². The summed E-state index contributed by atoms with van der Waals surface area (Å²) >= 11 is 0. The van der Waals surface area contributed by atoms with Gasteiger partial charge in [-0.05, 0) is 44.0 Å². The van der Waals surface area contributed by atoms with Crippen molar-refractivity contribution in [1.82, 2.24) is 24.6 Å². The molecule has 0 spiro atoms. The van der Waals surface area contributed by atoms with Gasteiger partial charge in [-0.15, -0.1) is 12.4 Å². The molecule has 30 heavy (non-hydrogen) atoms. The Balaban J connectivity index is 0.00000256. The van der Waals surface area contributed by atoms with E-state index in [1.165, 1.54) is 11.9 Å². The van der Waals surface area contributed by atoms with Crippen LogP contribution in [0.5, 0.6) is 0 Å². The lowest BCUT2D eigenvalue weighted by Gasteiger charge is -2.37. The average molecular weight is 426 g/mol. The normalized spacial score (nSPS) is 14.5. The van der Waals surface area contributed by atoms with Crippen LogP contribution in [0.25, 0.3) is 5.69 Å². The summed E-state index contributed by atoms with van der Waals surface area (Å²) in [6, 6.07) is 18.7. The first-order valence-corrected chi connectivity index (χ1v) is 10.2. The molecule has 2 heterocycles. The van der Waals surface area contributed by atoms with Crippen molar-refractivity contribution >= 4 is 18.3 Å². The van der Waals surface area contributed by atoms with Gasteiger partial charge < -0.3 is 9.80 Å². The van der Waals surface area contributed by atoms with Gasteiger partial charge in [0.05, 0.1) is 11.3 Å². The van der Waals surface area contributed by atoms with Crippen LogP contribution in [0.2, 0.25) is 0 Å². The minimum absolute atomic E-state index is 0. The highest BCUT2D eigenvalue weighted by molar-refractivity contribution is 5.97. The largest absolute Gasteiger partial charge is 0.338 e. The number of para-hydroxylation sites is 1. The number of likely N-dealkylation sites (tertiary alicyclic amines) is 1. The highest BCUT2D eigenvalue weighted by Gasteiger charge is 2.27. The van der Waals surface area contributed by atoms with Gasteiger partial charge in [-0.25, -0.2) is 9.67 Å². The Morgan fingerprint density at radius 1 is 1.07 bits per heavy atom. The van der Waals surface area contributed by atoms with Gasteiger partial charge in [-0.3, -0.25) is 4.79 Å². The van der Waals surface area contributed by atoms with Crippen LogP contribution in [0.4, 0.5) is 0 Å². The lowest BCUT2D eigenvalue weighted by Crippen LogP contribution is -2.46. The van der Waals surface area contributed by atoms with Crippen LogP contribution < -0.4 is 0 Å².